The number of benzene rings is 2. The zero-order valence-electron chi connectivity index (χ0n) is 14.3. The minimum absolute atomic E-state index is 0.0843. The average molecular weight is 392 g/mol. The Morgan fingerprint density at radius 1 is 1.12 bits per heavy atom. The molecule has 136 valence electrons. The number of halogens is 1. The van der Waals surface area contributed by atoms with Crippen LogP contribution in [-0.2, 0) is 21.1 Å². The van der Waals surface area contributed by atoms with Gasteiger partial charge in [0.25, 0.3) is 0 Å². The second-order valence-corrected chi connectivity index (χ2v) is 8.67. The van der Waals surface area contributed by atoms with E-state index in [1.165, 1.54) is 0 Å². The van der Waals surface area contributed by atoms with E-state index in [-0.39, 0.29) is 22.6 Å². The van der Waals surface area contributed by atoms with Crippen LogP contribution in [0.15, 0.2) is 46.2 Å². The van der Waals surface area contributed by atoms with Crippen molar-refractivity contribution in [2.24, 2.45) is 0 Å². The minimum atomic E-state index is -3.85. The molecule has 1 aromatic heterocycles. The molecular weight excluding hydrogens is 374 g/mol. The van der Waals surface area contributed by atoms with Gasteiger partial charge in [-0.05, 0) is 61.7 Å². The highest BCUT2D eigenvalue weighted by molar-refractivity contribution is 7.91. The fourth-order valence-corrected chi connectivity index (χ4v) is 5.14. The largest absolute Gasteiger partial charge is 0.481 e. The molecule has 26 heavy (non-hydrogen) atoms. The predicted molar refractivity (Wildman–Crippen MR) is 101 cm³/mol. The topological polar surface area (TPSA) is 87.2 Å². The lowest BCUT2D eigenvalue weighted by Gasteiger charge is -2.09. The number of rotatable bonds is 5. The van der Waals surface area contributed by atoms with E-state index >= 15 is 0 Å². The Kier molecular flexibility index (Phi) is 4.82. The van der Waals surface area contributed by atoms with Crippen LogP contribution in [0, 0.1) is 13.8 Å². The lowest BCUT2D eigenvalue weighted by atomic mass is 10.2. The van der Waals surface area contributed by atoms with Crippen LogP contribution in [0.5, 0.6) is 0 Å². The highest BCUT2D eigenvalue weighted by atomic mass is 35.5. The van der Waals surface area contributed by atoms with Gasteiger partial charge in [0.05, 0.1) is 11.3 Å². The first-order chi connectivity index (χ1) is 12.2. The first-order valence-corrected chi connectivity index (χ1v) is 9.90. The second-order valence-electron chi connectivity index (χ2n) is 6.34. The Balaban J connectivity index is 2.28. The number of carbonyl (C=O) groups is 1. The number of hydrogen-bond acceptors (Lipinski definition) is 3. The molecule has 0 radical (unpaired) electrons. The van der Waals surface area contributed by atoms with Gasteiger partial charge in [-0.25, -0.2) is 8.42 Å². The molecule has 3 aromatic rings. The van der Waals surface area contributed by atoms with Crippen molar-refractivity contribution in [2.75, 3.05) is 0 Å². The van der Waals surface area contributed by atoms with Crippen LogP contribution in [0.1, 0.15) is 23.2 Å². The van der Waals surface area contributed by atoms with Crippen LogP contribution in [0.3, 0.4) is 0 Å². The predicted octanol–water partition coefficient (Wildman–Crippen LogP) is 4.29. The van der Waals surface area contributed by atoms with Crippen molar-refractivity contribution in [1.29, 1.82) is 0 Å². The molecule has 0 saturated heterocycles. The maximum atomic E-state index is 13.4. The Hall–Kier alpha value is -2.31. The third-order valence-corrected chi connectivity index (χ3v) is 6.24. The molecule has 0 aliphatic heterocycles. The van der Waals surface area contributed by atoms with Crippen molar-refractivity contribution in [3.8, 4) is 0 Å². The van der Waals surface area contributed by atoms with Crippen molar-refractivity contribution >= 4 is 38.3 Å². The second kappa shape index (κ2) is 6.78. The van der Waals surface area contributed by atoms with E-state index in [4.69, 9.17) is 16.7 Å². The van der Waals surface area contributed by atoms with Crippen LogP contribution in [-0.4, -0.2) is 24.5 Å². The van der Waals surface area contributed by atoms with E-state index in [2.05, 4.69) is 4.98 Å². The smallest absolute Gasteiger partial charge is 0.303 e. The van der Waals surface area contributed by atoms with E-state index in [9.17, 15) is 13.2 Å². The molecule has 1 heterocycles. The van der Waals surface area contributed by atoms with Gasteiger partial charge >= 0.3 is 5.97 Å². The van der Waals surface area contributed by atoms with Crippen LogP contribution in [0.25, 0.3) is 10.9 Å². The molecule has 0 aliphatic rings. The van der Waals surface area contributed by atoms with Crippen molar-refractivity contribution < 1.29 is 18.3 Å². The maximum absolute atomic E-state index is 13.4. The van der Waals surface area contributed by atoms with E-state index in [1.807, 2.05) is 19.9 Å². The zero-order valence-corrected chi connectivity index (χ0v) is 15.9. The van der Waals surface area contributed by atoms with E-state index in [0.29, 0.717) is 21.6 Å². The Morgan fingerprint density at radius 2 is 1.77 bits per heavy atom. The van der Waals surface area contributed by atoms with Gasteiger partial charge in [0, 0.05) is 21.6 Å². The number of carboxylic acid groups (broad SMARTS) is 1. The normalized spacial score (nSPS) is 11.8. The summed E-state index contributed by atoms with van der Waals surface area (Å²) in [4.78, 5) is 14.3. The van der Waals surface area contributed by atoms with Crippen molar-refractivity contribution in [2.45, 2.75) is 36.5 Å². The standard InChI is InChI=1S/C19H18ClNO4S/c1-11-7-12(2)9-14(8-11)26(24,25)19-15-10-13(20)3-4-16(15)21-17(19)5-6-18(22)23/h3-4,7-10,21H,5-6H2,1-2H3,(H,22,23). The molecule has 7 heteroatoms. The fourth-order valence-electron chi connectivity index (χ4n) is 3.12. The molecule has 0 bridgehead atoms. The molecule has 2 N–H and O–H groups in total. The third kappa shape index (κ3) is 3.48. The number of aromatic amines is 1. The van der Waals surface area contributed by atoms with Crippen LogP contribution in [0.4, 0.5) is 0 Å². The first kappa shape index (κ1) is 18.5. The molecule has 0 atom stereocenters. The van der Waals surface area contributed by atoms with Gasteiger partial charge in [0.1, 0.15) is 4.90 Å². The number of sulfone groups is 1. The van der Waals surface area contributed by atoms with E-state index < -0.39 is 15.8 Å². The Labute approximate surface area is 156 Å². The molecule has 0 amide bonds. The summed E-state index contributed by atoms with van der Waals surface area (Å²) in [7, 11) is -3.85. The first-order valence-electron chi connectivity index (χ1n) is 8.04. The lowest BCUT2D eigenvalue weighted by Crippen LogP contribution is -2.07. The van der Waals surface area contributed by atoms with Gasteiger partial charge in [-0.15, -0.1) is 0 Å². The van der Waals surface area contributed by atoms with Crippen LogP contribution < -0.4 is 0 Å². The summed E-state index contributed by atoms with van der Waals surface area (Å²) < 4.78 is 26.8. The maximum Gasteiger partial charge on any atom is 0.303 e. The molecule has 0 unspecified atom stereocenters. The van der Waals surface area contributed by atoms with Gasteiger partial charge in [0.2, 0.25) is 9.84 Å². The van der Waals surface area contributed by atoms with Crippen molar-refractivity contribution in [3.63, 3.8) is 0 Å². The number of aromatic nitrogens is 1. The minimum Gasteiger partial charge on any atom is -0.481 e. The van der Waals surface area contributed by atoms with E-state index in [1.54, 1.807) is 30.3 Å². The number of hydrogen-bond donors (Lipinski definition) is 2. The summed E-state index contributed by atoms with van der Waals surface area (Å²) in [5.41, 5.74) is 2.67. The number of carboxylic acids is 1. The molecule has 0 fully saturated rings. The third-order valence-electron chi connectivity index (χ3n) is 4.15. The number of fused-ring (bicyclic) bond motifs is 1. The molecule has 2 aromatic carbocycles. The van der Waals surface area contributed by atoms with Gasteiger partial charge in [-0.2, -0.15) is 0 Å². The monoisotopic (exact) mass is 391 g/mol. The number of aryl methyl sites for hydroxylation is 3. The van der Waals surface area contributed by atoms with Crippen LogP contribution in [0.2, 0.25) is 5.02 Å². The molecule has 5 nitrogen and oxygen atoms in total. The SMILES string of the molecule is Cc1cc(C)cc(S(=O)(=O)c2c(CCC(=O)O)[nH]c3ccc(Cl)cc23)c1. The lowest BCUT2D eigenvalue weighted by molar-refractivity contribution is -0.137. The van der Waals surface area contributed by atoms with Crippen molar-refractivity contribution in [3.05, 3.63) is 58.2 Å². The molecule has 0 saturated carbocycles. The highest BCUT2D eigenvalue weighted by Gasteiger charge is 2.27. The summed E-state index contributed by atoms with van der Waals surface area (Å²) >= 11 is 6.07. The summed E-state index contributed by atoms with van der Waals surface area (Å²) in [6, 6.07) is 10.1. The molecule has 0 aliphatic carbocycles. The number of nitrogens with one attached hydrogen (secondary N) is 1. The number of aliphatic carboxylic acids is 1. The van der Waals surface area contributed by atoms with Crippen molar-refractivity contribution in [1.82, 2.24) is 4.98 Å². The Bertz CT molecular complexity index is 1100. The van der Waals surface area contributed by atoms with Gasteiger partial charge in [-0.3, -0.25) is 4.79 Å². The summed E-state index contributed by atoms with van der Waals surface area (Å²) in [6.07, 6.45) is -0.0864. The average Bonchev–Trinajstić information content (AvgIpc) is 2.90. The molecule has 3 rings (SSSR count). The van der Waals surface area contributed by atoms with E-state index in [0.717, 1.165) is 11.1 Å². The molecular formula is C19H18ClNO4S. The van der Waals surface area contributed by atoms with Gasteiger partial charge in [0.15, 0.2) is 0 Å². The summed E-state index contributed by atoms with van der Waals surface area (Å²) in [5.74, 6) is -0.989. The highest BCUT2D eigenvalue weighted by Crippen LogP contribution is 2.34. The number of H-pyrrole nitrogens is 1. The Morgan fingerprint density at radius 3 is 2.38 bits per heavy atom. The fraction of sp³-hybridized carbons (Fsp3) is 0.211. The van der Waals surface area contributed by atoms with Gasteiger partial charge < -0.3 is 10.1 Å². The molecule has 0 spiro atoms. The van der Waals surface area contributed by atoms with Gasteiger partial charge in [-0.1, -0.05) is 17.7 Å². The quantitative estimate of drug-likeness (QED) is 0.679. The summed E-state index contributed by atoms with van der Waals surface area (Å²) in [5, 5.41) is 9.88. The van der Waals surface area contributed by atoms with Crippen LogP contribution >= 0.6 is 11.6 Å². The summed E-state index contributed by atoms with van der Waals surface area (Å²) in [6.45, 7) is 3.67. The zero-order chi connectivity index (χ0) is 19.1.